The highest BCUT2D eigenvalue weighted by Crippen LogP contribution is 2.23. The predicted molar refractivity (Wildman–Crippen MR) is 99.8 cm³/mol. The Morgan fingerprint density at radius 1 is 1.19 bits per heavy atom. The van der Waals surface area contributed by atoms with Crippen molar-refractivity contribution in [1.29, 1.82) is 0 Å². The number of hydrogen-bond donors (Lipinski definition) is 0. The fourth-order valence-electron chi connectivity index (χ4n) is 3.30. The maximum Gasteiger partial charge on any atom is 0.270 e. The van der Waals surface area contributed by atoms with Crippen LogP contribution >= 0.6 is 0 Å². The summed E-state index contributed by atoms with van der Waals surface area (Å²) in [5.74, 6) is 0. The number of sulfonamides is 1. The van der Waals surface area contributed by atoms with Gasteiger partial charge in [-0.1, -0.05) is 6.07 Å². The molecule has 27 heavy (non-hydrogen) atoms. The van der Waals surface area contributed by atoms with Gasteiger partial charge in [0.25, 0.3) is 5.69 Å². The zero-order valence-electron chi connectivity index (χ0n) is 15.6. The molecule has 0 unspecified atom stereocenters. The first-order chi connectivity index (χ1) is 12.7. The quantitative estimate of drug-likeness (QED) is 0.563. The fourth-order valence-corrected chi connectivity index (χ4v) is 4.77. The van der Waals surface area contributed by atoms with Gasteiger partial charge >= 0.3 is 0 Å². The van der Waals surface area contributed by atoms with E-state index in [4.69, 9.17) is 0 Å². The lowest BCUT2D eigenvalue weighted by Crippen LogP contribution is -2.48. The van der Waals surface area contributed by atoms with Gasteiger partial charge in [0.1, 0.15) is 0 Å². The lowest BCUT2D eigenvalue weighted by atomic mass is 10.1. The van der Waals surface area contributed by atoms with Crippen LogP contribution in [-0.2, 0) is 23.6 Å². The van der Waals surface area contributed by atoms with Gasteiger partial charge in [-0.3, -0.25) is 19.7 Å². The highest BCUT2D eigenvalue weighted by molar-refractivity contribution is 7.89. The lowest BCUT2D eigenvalue weighted by Gasteiger charge is -2.34. The van der Waals surface area contributed by atoms with Crippen molar-refractivity contribution in [2.45, 2.75) is 25.3 Å². The molecule has 0 aliphatic carbocycles. The zero-order valence-corrected chi connectivity index (χ0v) is 16.4. The zero-order chi connectivity index (χ0) is 19.8. The molecule has 2 aromatic rings. The highest BCUT2D eigenvalue weighted by atomic mass is 32.2. The van der Waals surface area contributed by atoms with Crippen LogP contribution in [0, 0.1) is 24.0 Å². The van der Waals surface area contributed by atoms with Crippen LogP contribution < -0.4 is 0 Å². The van der Waals surface area contributed by atoms with Crippen molar-refractivity contribution < 1.29 is 13.3 Å². The van der Waals surface area contributed by atoms with E-state index >= 15 is 0 Å². The molecule has 0 atom stereocenters. The molecule has 1 aromatic heterocycles. The van der Waals surface area contributed by atoms with Crippen LogP contribution in [0.15, 0.2) is 29.2 Å². The summed E-state index contributed by atoms with van der Waals surface area (Å²) in [4.78, 5) is 12.5. The van der Waals surface area contributed by atoms with Gasteiger partial charge in [-0.2, -0.15) is 9.40 Å². The van der Waals surface area contributed by atoms with E-state index in [2.05, 4.69) is 10.00 Å². The van der Waals surface area contributed by atoms with Gasteiger partial charge in [0.2, 0.25) is 10.0 Å². The van der Waals surface area contributed by atoms with Crippen molar-refractivity contribution >= 4 is 15.7 Å². The van der Waals surface area contributed by atoms with E-state index in [9.17, 15) is 18.5 Å². The molecule has 0 amide bonds. The number of benzene rings is 1. The molecule has 1 saturated heterocycles. The third-order valence-corrected chi connectivity index (χ3v) is 6.93. The van der Waals surface area contributed by atoms with E-state index in [1.54, 1.807) is 0 Å². The molecule has 0 radical (unpaired) electrons. The maximum absolute atomic E-state index is 12.8. The Morgan fingerprint density at radius 2 is 1.85 bits per heavy atom. The third-order valence-electron chi connectivity index (χ3n) is 5.04. The molecule has 146 valence electrons. The molecular formula is C17H23N5O4S. The standard InChI is InChI=1S/C17H23N5O4S/c1-13-17(14(2)19(3)18-13)12-20-7-9-21(10-8-20)27(25,26)16-6-4-5-15(11-16)22(23)24/h4-6,11H,7-10,12H2,1-3H3. The second kappa shape index (κ2) is 7.37. The number of aromatic nitrogens is 2. The summed E-state index contributed by atoms with van der Waals surface area (Å²) < 4.78 is 28.9. The molecule has 3 rings (SSSR count). The second-order valence-corrected chi connectivity index (χ2v) is 8.65. The van der Waals surface area contributed by atoms with Crippen LogP contribution in [0.2, 0.25) is 0 Å². The topological polar surface area (TPSA) is 102 Å². The van der Waals surface area contributed by atoms with Crippen LogP contribution in [0.25, 0.3) is 0 Å². The number of aryl methyl sites for hydroxylation is 2. The average molecular weight is 393 g/mol. The molecule has 0 bridgehead atoms. The van der Waals surface area contributed by atoms with Crippen molar-refractivity contribution in [1.82, 2.24) is 19.0 Å². The van der Waals surface area contributed by atoms with Gasteiger partial charge in [-0.25, -0.2) is 8.42 Å². The number of nitrogens with zero attached hydrogens (tertiary/aromatic N) is 5. The number of non-ortho nitro benzene ring substituents is 1. The summed E-state index contributed by atoms with van der Waals surface area (Å²) in [7, 11) is -1.83. The molecule has 1 aliphatic heterocycles. The van der Waals surface area contributed by atoms with Crippen molar-refractivity contribution in [3.63, 3.8) is 0 Å². The van der Waals surface area contributed by atoms with E-state index in [1.807, 2.05) is 25.6 Å². The van der Waals surface area contributed by atoms with Crippen LogP contribution in [-0.4, -0.2) is 58.5 Å². The minimum Gasteiger partial charge on any atom is -0.296 e. The van der Waals surface area contributed by atoms with Crippen molar-refractivity contribution in [2.24, 2.45) is 7.05 Å². The lowest BCUT2D eigenvalue weighted by molar-refractivity contribution is -0.385. The Hall–Kier alpha value is -2.30. The van der Waals surface area contributed by atoms with Crippen LogP contribution in [0.4, 0.5) is 5.69 Å². The summed E-state index contributed by atoms with van der Waals surface area (Å²) in [6.07, 6.45) is 0. The molecule has 1 aliphatic rings. The molecule has 10 heteroatoms. The molecule has 0 saturated carbocycles. The molecule has 0 N–H and O–H groups in total. The minimum absolute atomic E-state index is 0.0379. The van der Waals surface area contributed by atoms with Crippen molar-refractivity contribution in [2.75, 3.05) is 26.2 Å². The van der Waals surface area contributed by atoms with E-state index in [0.717, 1.165) is 24.0 Å². The SMILES string of the molecule is Cc1nn(C)c(C)c1CN1CCN(S(=O)(=O)c2cccc([N+](=O)[O-])c2)CC1. The first kappa shape index (κ1) is 19.5. The maximum atomic E-state index is 12.8. The largest absolute Gasteiger partial charge is 0.296 e. The number of nitro benzene ring substituents is 1. The van der Waals surface area contributed by atoms with Gasteiger partial charge in [0.05, 0.1) is 15.5 Å². The van der Waals surface area contributed by atoms with Gasteiger partial charge in [0.15, 0.2) is 0 Å². The molecule has 1 aromatic carbocycles. The highest BCUT2D eigenvalue weighted by Gasteiger charge is 2.30. The summed E-state index contributed by atoms with van der Waals surface area (Å²) in [6.45, 7) is 6.64. The van der Waals surface area contributed by atoms with E-state index in [1.165, 1.54) is 28.1 Å². The van der Waals surface area contributed by atoms with Crippen LogP contribution in [0.5, 0.6) is 0 Å². The number of nitro groups is 1. The Labute approximate surface area is 158 Å². The Bertz CT molecular complexity index is 962. The summed E-state index contributed by atoms with van der Waals surface area (Å²) in [6, 6.07) is 5.20. The fraction of sp³-hybridized carbons (Fsp3) is 0.471. The molecule has 2 heterocycles. The van der Waals surface area contributed by atoms with E-state index in [-0.39, 0.29) is 10.6 Å². The van der Waals surface area contributed by atoms with E-state index in [0.29, 0.717) is 26.2 Å². The number of rotatable bonds is 5. The summed E-state index contributed by atoms with van der Waals surface area (Å²) >= 11 is 0. The smallest absolute Gasteiger partial charge is 0.270 e. The predicted octanol–water partition coefficient (Wildman–Crippen LogP) is 1.45. The number of hydrogen-bond acceptors (Lipinski definition) is 6. The monoisotopic (exact) mass is 393 g/mol. The van der Waals surface area contributed by atoms with Crippen LogP contribution in [0.1, 0.15) is 17.0 Å². The molecule has 0 spiro atoms. The Morgan fingerprint density at radius 3 is 2.41 bits per heavy atom. The Balaban J connectivity index is 1.69. The second-order valence-electron chi connectivity index (χ2n) is 6.71. The third kappa shape index (κ3) is 3.87. The van der Waals surface area contributed by atoms with Crippen LogP contribution in [0.3, 0.4) is 0 Å². The summed E-state index contributed by atoms with van der Waals surface area (Å²) in [5, 5.41) is 15.3. The minimum atomic E-state index is -3.74. The average Bonchev–Trinajstić information content (AvgIpc) is 2.88. The first-order valence-electron chi connectivity index (χ1n) is 8.66. The molecular weight excluding hydrogens is 370 g/mol. The van der Waals surface area contributed by atoms with Gasteiger partial charge in [0, 0.05) is 63.2 Å². The molecule has 9 nitrogen and oxygen atoms in total. The Kier molecular flexibility index (Phi) is 5.31. The van der Waals surface area contributed by atoms with Gasteiger partial charge < -0.3 is 0 Å². The van der Waals surface area contributed by atoms with Crippen molar-refractivity contribution in [3.8, 4) is 0 Å². The summed E-state index contributed by atoms with van der Waals surface area (Å²) in [5.41, 5.74) is 3.05. The van der Waals surface area contributed by atoms with Gasteiger partial charge in [-0.15, -0.1) is 0 Å². The van der Waals surface area contributed by atoms with Crippen molar-refractivity contribution in [3.05, 3.63) is 51.3 Å². The molecule has 1 fully saturated rings. The van der Waals surface area contributed by atoms with Gasteiger partial charge in [-0.05, 0) is 19.9 Å². The first-order valence-corrected chi connectivity index (χ1v) is 10.1. The normalized spacial score (nSPS) is 16.6. The number of piperazine rings is 1. The van der Waals surface area contributed by atoms with E-state index < -0.39 is 14.9 Å².